The van der Waals surface area contributed by atoms with E-state index >= 15 is 0 Å². The molecule has 3 nitrogen and oxygen atoms in total. The van der Waals surface area contributed by atoms with Crippen LogP contribution in [0.3, 0.4) is 0 Å². The third-order valence-electron chi connectivity index (χ3n) is 2.86. The van der Waals surface area contributed by atoms with Gasteiger partial charge in [-0.2, -0.15) is 5.10 Å². The Balaban J connectivity index is 0.00000144. The molecule has 0 unspecified atom stereocenters. The second-order valence-corrected chi connectivity index (χ2v) is 6.71. The van der Waals surface area contributed by atoms with Crippen molar-refractivity contribution in [2.75, 3.05) is 24.7 Å². The molecule has 0 bridgehead atoms. The van der Waals surface area contributed by atoms with E-state index in [0.717, 1.165) is 24.7 Å². The number of rotatable bonds is 1. The van der Waals surface area contributed by atoms with E-state index in [1.54, 1.807) is 0 Å². The fourth-order valence-corrected chi connectivity index (χ4v) is 4.79. The molecule has 1 saturated heterocycles. The molecule has 0 saturated carbocycles. The van der Waals surface area contributed by atoms with Crippen molar-refractivity contribution >= 4 is 23.5 Å². The van der Waals surface area contributed by atoms with Crippen LogP contribution in [0.1, 0.15) is 21.5 Å². The van der Waals surface area contributed by atoms with Gasteiger partial charge in [0.1, 0.15) is 0 Å². The minimum atomic E-state index is 0. The van der Waals surface area contributed by atoms with E-state index in [1.165, 1.54) is 17.0 Å². The van der Waals surface area contributed by atoms with Gasteiger partial charge in [-0.25, -0.2) is 0 Å². The van der Waals surface area contributed by atoms with Crippen molar-refractivity contribution in [3.8, 4) is 0 Å². The van der Waals surface area contributed by atoms with Crippen molar-refractivity contribution < 1.29 is 21.8 Å². The maximum absolute atomic E-state index is 5.47. The molecule has 0 aromatic carbocycles. The first-order valence-corrected chi connectivity index (χ1v) is 7.66. The molecule has 1 aromatic heterocycles. The van der Waals surface area contributed by atoms with E-state index in [4.69, 9.17) is 4.74 Å². The molecule has 0 atom stereocenters. The number of thioether (sulfide) groups is 2. The smallest absolute Gasteiger partial charge is 0.209 e. The second-order valence-electron chi connectivity index (χ2n) is 3.98. The predicted octanol–water partition coefficient (Wildman–Crippen LogP) is -1.04. The van der Waals surface area contributed by atoms with Crippen LogP contribution in [-0.4, -0.2) is 29.8 Å². The summed E-state index contributed by atoms with van der Waals surface area (Å²) in [5.74, 6) is 2.18. The van der Waals surface area contributed by atoms with Gasteiger partial charge in [0, 0.05) is 18.4 Å². The molecular formula is C11H19ClN2OS2. The molecular weight excluding hydrogens is 276 g/mol. The highest BCUT2D eigenvalue weighted by Gasteiger charge is 2.25. The van der Waals surface area contributed by atoms with Gasteiger partial charge in [0.05, 0.1) is 29.1 Å². The largest absolute Gasteiger partial charge is 1.00 e. The summed E-state index contributed by atoms with van der Waals surface area (Å²) in [5, 5.41) is 3.37. The molecule has 0 spiro atoms. The highest BCUT2D eigenvalue weighted by molar-refractivity contribution is 8.16. The zero-order valence-corrected chi connectivity index (χ0v) is 12.8. The Labute approximate surface area is 117 Å². The van der Waals surface area contributed by atoms with Crippen LogP contribution in [0.25, 0.3) is 0 Å². The van der Waals surface area contributed by atoms with E-state index in [1.807, 2.05) is 23.5 Å². The molecule has 2 heterocycles. The fourth-order valence-electron chi connectivity index (χ4n) is 1.94. The number of aryl methyl sites for hydroxylation is 2. The van der Waals surface area contributed by atoms with Gasteiger partial charge in [-0.3, -0.25) is 0 Å². The molecule has 1 aliphatic rings. The van der Waals surface area contributed by atoms with Gasteiger partial charge < -0.3 is 17.1 Å². The molecule has 0 radical (unpaired) electrons. The summed E-state index contributed by atoms with van der Waals surface area (Å²) in [7, 11) is 2.08. The van der Waals surface area contributed by atoms with Gasteiger partial charge in [0.15, 0.2) is 7.05 Å². The first-order chi connectivity index (χ1) is 7.70. The molecule has 1 N–H and O–H groups in total. The molecule has 0 aliphatic carbocycles. The zero-order valence-electron chi connectivity index (χ0n) is 10.5. The molecule has 2 rings (SSSR count). The third kappa shape index (κ3) is 3.56. The van der Waals surface area contributed by atoms with Gasteiger partial charge in [0.25, 0.3) is 0 Å². The first-order valence-electron chi connectivity index (χ1n) is 5.56. The number of hydrogen-bond donors (Lipinski definition) is 1. The quantitative estimate of drug-likeness (QED) is 0.671. The Morgan fingerprint density at radius 1 is 1.24 bits per heavy atom. The van der Waals surface area contributed by atoms with E-state index in [9.17, 15) is 0 Å². The summed E-state index contributed by atoms with van der Waals surface area (Å²) in [4.78, 5) is 0. The first kappa shape index (κ1) is 15.2. The second kappa shape index (κ2) is 6.92. The number of halogens is 1. The molecule has 17 heavy (non-hydrogen) atoms. The molecule has 1 aromatic rings. The monoisotopic (exact) mass is 294 g/mol. The standard InChI is InChI=1S/C11H18N2OS2.ClH/c1-8-10(9(2)13(3)12-8)11-15-6-4-14-5-7-16-11;/h11H,4-7H2,1-3H3;1H. The maximum Gasteiger partial charge on any atom is 0.209 e. The lowest BCUT2D eigenvalue weighted by Crippen LogP contribution is -3.00. The topological polar surface area (TPSA) is 28.9 Å². The van der Waals surface area contributed by atoms with Crippen LogP contribution in [0.15, 0.2) is 0 Å². The summed E-state index contributed by atoms with van der Waals surface area (Å²) in [6, 6.07) is 0. The number of ether oxygens (including phenoxy) is 1. The number of nitrogens with zero attached hydrogens (tertiary/aromatic N) is 1. The summed E-state index contributed by atoms with van der Waals surface area (Å²) >= 11 is 3.99. The number of nitrogens with one attached hydrogen (secondary N) is 1. The van der Waals surface area contributed by atoms with E-state index < -0.39 is 0 Å². The average Bonchev–Trinajstić information content (AvgIpc) is 2.43. The Morgan fingerprint density at radius 2 is 1.82 bits per heavy atom. The Hall–Kier alpha value is 0.160. The summed E-state index contributed by atoms with van der Waals surface area (Å²) in [5.41, 5.74) is 4.12. The lowest BCUT2D eigenvalue weighted by Gasteiger charge is -2.18. The van der Waals surface area contributed by atoms with Crippen molar-refractivity contribution in [2.45, 2.75) is 18.4 Å². The van der Waals surface area contributed by atoms with Crippen molar-refractivity contribution in [1.82, 2.24) is 5.10 Å². The van der Waals surface area contributed by atoms with Crippen LogP contribution < -0.4 is 17.1 Å². The number of hydrogen-bond acceptors (Lipinski definition) is 3. The Morgan fingerprint density at radius 3 is 2.29 bits per heavy atom. The van der Waals surface area contributed by atoms with Gasteiger partial charge >= 0.3 is 0 Å². The maximum atomic E-state index is 5.47. The number of aromatic nitrogens is 2. The number of aromatic amines is 1. The summed E-state index contributed by atoms with van der Waals surface area (Å²) < 4.78 is 8.14. The lowest BCUT2D eigenvalue weighted by molar-refractivity contribution is -0.732. The van der Waals surface area contributed by atoms with Crippen LogP contribution >= 0.6 is 23.5 Å². The SMILES string of the molecule is Cc1[nH][n+](C)c(C)c1C1SCCOCCS1.[Cl-]. The van der Waals surface area contributed by atoms with Crippen LogP contribution in [0.2, 0.25) is 0 Å². The third-order valence-corrected chi connectivity index (χ3v) is 5.56. The lowest BCUT2D eigenvalue weighted by atomic mass is 10.2. The molecule has 98 valence electrons. The Kier molecular flexibility index (Phi) is 6.20. The van der Waals surface area contributed by atoms with Gasteiger partial charge in [-0.05, 0) is 6.92 Å². The van der Waals surface area contributed by atoms with Crippen LogP contribution in [0.4, 0.5) is 0 Å². The zero-order chi connectivity index (χ0) is 11.5. The normalized spacial score (nSPS) is 18.3. The molecule has 6 heteroatoms. The van der Waals surface area contributed by atoms with E-state index in [-0.39, 0.29) is 12.4 Å². The van der Waals surface area contributed by atoms with Crippen molar-refractivity contribution in [1.29, 1.82) is 0 Å². The van der Waals surface area contributed by atoms with Gasteiger partial charge in [0.2, 0.25) is 5.69 Å². The van der Waals surface area contributed by atoms with Crippen LogP contribution in [0, 0.1) is 13.8 Å². The number of H-pyrrole nitrogens is 1. The predicted molar refractivity (Wildman–Crippen MR) is 69.9 cm³/mol. The minimum absolute atomic E-state index is 0. The van der Waals surface area contributed by atoms with Crippen molar-refractivity contribution in [3.05, 3.63) is 17.0 Å². The Bertz CT molecular complexity index is 363. The van der Waals surface area contributed by atoms with Crippen molar-refractivity contribution in [3.63, 3.8) is 0 Å². The van der Waals surface area contributed by atoms with Crippen LogP contribution in [0.5, 0.6) is 0 Å². The average molecular weight is 295 g/mol. The van der Waals surface area contributed by atoms with Gasteiger partial charge in [-0.15, -0.1) is 28.2 Å². The van der Waals surface area contributed by atoms with E-state index in [0.29, 0.717) is 4.58 Å². The molecule has 0 amide bonds. The minimum Gasteiger partial charge on any atom is -1.00 e. The molecule has 1 aliphatic heterocycles. The highest BCUT2D eigenvalue weighted by atomic mass is 35.5. The van der Waals surface area contributed by atoms with Crippen molar-refractivity contribution in [2.24, 2.45) is 7.05 Å². The fraction of sp³-hybridized carbons (Fsp3) is 0.727. The highest BCUT2D eigenvalue weighted by Crippen LogP contribution is 2.41. The summed E-state index contributed by atoms with van der Waals surface area (Å²) in [6.45, 7) is 6.13. The van der Waals surface area contributed by atoms with Gasteiger partial charge in [-0.1, -0.05) is 0 Å². The van der Waals surface area contributed by atoms with Crippen LogP contribution in [-0.2, 0) is 11.8 Å². The van der Waals surface area contributed by atoms with E-state index in [2.05, 4.69) is 30.7 Å². The molecule has 1 fully saturated rings. The summed E-state index contributed by atoms with van der Waals surface area (Å²) in [6.07, 6.45) is 0.